The standard InChI is InChI=1S/C17H18ClN3O2/c1-12-15(7-8-16(23)20-10-9-14(22)11-20)17(18)21(19-12)13-5-3-2-4-6-13/h2-8,14,22H,9-11H2,1H3/t14-/m1/s1. The summed E-state index contributed by atoms with van der Waals surface area (Å²) < 4.78 is 1.65. The molecule has 1 aliphatic rings. The van der Waals surface area contributed by atoms with Crippen molar-refractivity contribution in [3.05, 3.63) is 52.8 Å². The van der Waals surface area contributed by atoms with Crippen molar-refractivity contribution in [2.75, 3.05) is 13.1 Å². The van der Waals surface area contributed by atoms with Gasteiger partial charge in [-0.05, 0) is 31.6 Å². The molecule has 0 bridgehead atoms. The largest absolute Gasteiger partial charge is 0.391 e. The molecule has 0 aliphatic carbocycles. The van der Waals surface area contributed by atoms with Crippen LogP contribution in [0.4, 0.5) is 0 Å². The molecule has 1 aliphatic heterocycles. The molecule has 0 radical (unpaired) electrons. The lowest BCUT2D eigenvalue weighted by Gasteiger charge is -2.12. The molecule has 1 aromatic carbocycles. The summed E-state index contributed by atoms with van der Waals surface area (Å²) in [4.78, 5) is 13.8. The first-order chi connectivity index (χ1) is 11.1. The van der Waals surface area contributed by atoms with Crippen LogP contribution in [0.2, 0.25) is 5.15 Å². The summed E-state index contributed by atoms with van der Waals surface area (Å²) in [5, 5.41) is 14.4. The predicted molar refractivity (Wildman–Crippen MR) is 89.5 cm³/mol. The highest BCUT2D eigenvalue weighted by Gasteiger charge is 2.23. The third-order valence-electron chi connectivity index (χ3n) is 3.92. The van der Waals surface area contributed by atoms with E-state index in [2.05, 4.69) is 5.10 Å². The molecule has 1 amide bonds. The highest BCUT2D eigenvalue weighted by Crippen LogP contribution is 2.24. The van der Waals surface area contributed by atoms with Crippen molar-refractivity contribution >= 4 is 23.6 Å². The minimum atomic E-state index is -0.418. The van der Waals surface area contributed by atoms with Crippen molar-refractivity contribution in [1.29, 1.82) is 0 Å². The number of amides is 1. The molecule has 0 saturated carbocycles. The zero-order chi connectivity index (χ0) is 16.4. The number of aliphatic hydroxyl groups excluding tert-OH is 1. The number of carbonyl (C=O) groups is 1. The van der Waals surface area contributed by atoms with E-state index in [9.17, 15) is 9.90 Å². The molecule has 120 valence electrons. The van der Waals surface area contributed by atoms with Crippen LogP contribution in [0, 0.1) is 6.92 Å². The Morgan fingerprint density at radius 1 is 1.39 bits per heavy atom. The van der Waals surface area contributed by atoms with Gasteiger partial charge >= 0.3 is 0 Å². The minimum Gasteiger partial charge on any atom is -0.391 e. The van der Waals surface area contributed by atoms with E-state index < -0.39 is 6.10 Å². The average Bonchev–Trinajstić information content (AvgIpc) is 3.10. The Morgan fingerprint density at radius 3 is 2.78 bits per heavy atom. The number of hydrogen-bond donors (Lipinski definition) is 1. The summed E-state index contributed by atoms with van der Waals surface area (Å²) in [5.74, 6) is -0.121. The molecular formula is C17H18ClN3O2. The summed E-state index contributed by atoms with van der Waals surface area (Å²) in [6.45, 7) is 2.83. The Bertz CT molecular complexity index is 740. The maximum Gasteiger partial charge on any atom is 0.246 e. The number of halogens is 1. The first kappa shape index (κ1) is 15.8. The summed E-state index contributed by atoms with van der Waals surface area (Å²) in [6, 6.07) is 9.60. The number of aryl methyl sites for hydroxylation is 1. The number of benzene rings is 1. The van der Waals surface area contributed by atoms with Crippen LogP contribution in [0.5, 0.6) is 0 Å². The number of β-amino-alcohol motifs (C(OH)–C–C–N with tert-alkyl or cyclic N) is 1. The van der Waals surface area contributed by atoms with Gasteiger partial charge in [0.25, 0.3) is 0 Å². The van der Waals surface area contributed by atoms with Gasteiger partial charge in [-0.1, -0.05) is 29.8 Å². The van der Waals surface area contributed by atoms with Gasteiger partial charge in [-0.15, -0.1) is 0 Å². The lowest BCUT2D eigenvalue weighted by molar-refractivity contribution is -0.125. The van der Waals surface area contributed by atoms with Crippen LogP contribution in [0.25, 0.3) is 11.8 Å². The normalized spacial score (nSPS) is 18.0. The monoisotopic (exact) mass is 331 g/mol. The minimum absolute atomic E-state index is 0.121. The van der Waals surface area contributed by atoms with E-state index in [0.717, 1.165) is 16.9 Å². The molecule has 1 N–H and O–H groups in total. The van der Waals surface area contributed by atoms with Crippen LogP contribution in [0.3, 0.4) is 0 Å². The van der Waals surface area contributed by atoms with Gasteiger partial charge in [0.05, 0.1) is 17.5 Å². The number of para-hydroxylation sites is 1. The highest BCUT2D eigenvalue weighted by atomic mass is 35.5. The average molecular weight is 332 g/mol. The van der Waals surface area contributed by atoms with Crippen molar-refractivity contribution in [2.45, 2.75) is 19.4 Å². The Labute approximate surface area is 139 Å². The molecule has 2 aromatic rings. The second kappa shape index (κ2) is 6.56. The lowest BCUT2D eigenvalue weighted by Crippen LogP contribution is -2.27. The maximum absolute atomic E-state index is 12.1. The van der Waals surface area contributed by atoms with Gasteiger partial charge in [0, 0.05) is 24.7 Å². The van der Waals surface area contributed by atoms with Crippen molar-refractivity contribution in [3.8, 4) is 5.69 Å². The van der Waals surface area contributed by atoms with E-state index in [1.165, 1.54) is 6.08 Å². The molecule has 2 heterocycles. The molecular weight excluding hydrogens is 314 g/mol. The Hall–Kier alpha value is -2.11. The Kier molecular flexibility index (Phi) is 4.50. The van der Waals surface area contributed by atoms with Crippen LogP contribution < -0.4 is 0 Å². The molecule has 1 atom stereocenters. The molecule has 6 heteroatoms. The van der Waals surface area contributed by atoms with Gasteiger partial charge in [0.15, 0.2) is 0 Å². The van der Waals surface area contributed by atoms with Gasteiger partial charge < -0.3 is 10.0 Å². The van der Waals surface area contributed by atoms with Gasteiger partial charge in [-0.25, -0.2) is 4.68 Å². The van der Waals surface area contributed by atoms with E-state index >= 15 is 0 Å². The van der Waals surface area contributed by atoms with Crippen LogP contribution in [0.1, 0.15) is 17.7 Å². The third kappa shape index (κ3) is 3.30. The van der Waals surface area contributed by atoms with Crippen molar-refractivity contribution in [2.24, 2.45) is 0 Å². The lowest BCUT2D eigenvalue weighted by atomic mass is 10.2. The van der Waals surface area contributed by atoms with Gasteiger partial charge in [0.2, 0.25) is 5.91 Å². The summed E-state index contributed by atoms with van der Waals surface area (Å²) in [6.07, 6.45) is 3.39. The quantitative estimate of drug-likeness (QED) is 0.879. The topological polar surface area (TPSA) is 58.4 Å². The van der Waals surface area contributed by atoms with E-state index in [1.54, 1.807) is 15.7 Å². The first-order valence-electron chi connectivity index (χ1n) is 7.52. The number of carbonyl (C=O) groups excluding carboxylic acids is 1. The van der Waals surface area contributed by atoms with Crippen LogP contribution in [0.15, 0.2) is 36.4 Å². The molecule has 1 fully saturated rings. The Balaban J connectivity index is 1.82. The van der Waals surface area contributed by atoms with Gasteiger partial charge in [0.1, 0.15) is 5.15 Å². The van der Waals surface area contributed by atoms with Crippen LogP contribution in [-0.2, 0) is 4.79 Å². The summed E-state index contributed by atoms with van der Waals surface area (Å²) in [7, 11) is 0. The third-order valence-corrected chi connectivity index (χ3v) is 4.28. The van der Waals surface area contributed by atoms with Gasteiger partial charge in [-0.3, -0.25) is 4.79 Å². The fourth-order valence-electron chi connectivity index (χ4n) is 2.64. The number of aromatic nitrogens is 2. The number of hydrogen-bond acceptors (Lipinski definition) is 3. The number of nitrogens with zero attached hydrogens (tertiary/aromatic N) is 3. The van der Waals surface area contributed by atoms with Crippen molar-refractivity contribution in [1.82, 2.24) is 14.7 Å². The zero-order valence-electron chi connectivity index (χ0n) is 12.8. The molecule has 0 spiro atoms. The second-order valence-corrected chi connectivity index (χ2v) is 5.96. The number of likely N-dealkylation sites (tertiary alicyclic amines) is 1. The van der Waals surface area contributed by atoms with Crippen LogP contribution >= 0.6 is 11.6 Å². The molecule has 0 unspecified atom stereocenters. The van der Waals surface area contributed by atoms with E-state index in [-0.39, 0.29) is 5.91 Å². The molecule has 1 saturated heterocycles. The van der Waals surface area contributed by atoms with Gasteiger partial charge in [-0.2, -0.15) is 5.10 Å². The SMILES string of the molecule is Cc1nn(-c2ccccc2)c(Cl)c1C=CC(=O)N1CC[C@@H](O)C1. The molecule has 1 aromatic heterocycles. The fraction of sp³-hybridized carbons (Fsp3) is 0.294. The van der Waals surface area contributed by atoms with Crippen molar-refractivity contribution in [3.63, 3.8) is 0 Å². The smallest absolute Gasteiger partial charge is 0.246 e. The van der Waals surface area contributed by atoms with E-state index in [0.29, 0.717) is 24.7 Å². The molecule has 5 nitrogen and oxygen atoms in total. The summed E-state index contributed by atoms with van der Waals surface area (Å²) in [5.41, 5.74) is 2.35. The number of rotatable bonds is 3. The molecule has 3 rings (SSSR count). The number of aliphatic hydroxyl groups is 1. The Morgan fingerprint density at radius 2 is 2.13 bits per heavy atom. The van der Waals surface area contributed by atoms with Crippen LogP contribution in [-0.4, -0.2) is 44.9 Å². The van der Waals surface area contributed by atoms with E-state index in [4.69, 9.17) is 11.6 Å². The predicted octanol–water partition coefficient (Wildman–Crippen LogP) is 2.44. The fourth-order valence-corrected chi connectivity index (χ4v) is 2.98. The highest BCUT2D eigenvalue weighted by molar-refractivity contribution is 6.31. The summed E-state index contributed by atoms with van der Waals surface area (Å²) >= 11 is 6.41. The van der Waals surface area contributed by atoms with E-state index in [1.807, 2.05) is 37.3 Å². The second-order valence-electron chi connectivity index (χ2n) is 5.60. The zero-order valence-corrected chi connectivity index (χ0v) is 13.6. The maximum atomic E-state index is 12.1. The van der Waals surface area contributed by atoms with Crippen molar-refractivity contribution < 1.29 is 9.90 Å². The molecule has 23 heavy (non-hydrogen) atoms. The first-order valence-corrected chi connectivity index (χ1v) is 7.89.